The van der Waals surface area contributed by atoms with E-state index in [1.165, 1.54) is 0 Å². The number of alkyl halides is 1. The van der Waals surface area contributed by atoms with Gasteiger partial charge in [-0.25, -0.2) is 0 Å². The maximum Gasteiger partial charge on any atom is 0.272 e. The molecule has 0 aliphatic heterocycles. The molecule has 0 fully saturated rings. The third-order valence-electron chi connectivity index (χ3n) is 2.68. The van der Waals surface area contributed by atoms with E-state index in [0.717, 1.165) is 11.1 Å². The van der Waals surface area contributed by atoms with Crippen molar-refractivity contribution in [3.8, 4) is 0 Å². The minimum atomic E-state index is -0.359. The highest BCUT2D eigenvalue weighted by molar-refractivity contribution is 6.19. The average molecular weight is 254 g/mol. The van der Waals surface area contributed by atoms with Gasteiger partial charge in [0.1, 0.15) is 0 Å². The Kier molecular flexibility index (Phi) is 4.70. The summed E-state index contributed by atoms with van der Waals surface area (Å²) in [6.45, 7) is 5.84. The van der Waals surface area contributed by atoms with Crippen molar-refractivity contribution < 1.29 is 4.92 Å². The van der Waals surface area contributed by atoms with Gasteiger partial charge in [-0.3, -0.25) is 10.1 Å². The molecule has 0 spiro atoms. The van der Waals surface area contributed by atoms with Crippen LogP contribution in [-0.4, -0.2) is 10.8 Å². The van der Waals surface area contributed by atoms with Gasteiger partial charge in [0.25, 0.3) is 5.69 Å². The summed E-state index contributed by atoms with van der Waals surface area (Å²) in [5.74, 6) is 0.784. The molecule has 1 aromatic carbocycles. The van der Waals surface area contributed by atoms with E-state index < -0.39 is 0 Å². The summed E-state index contributed by atoms with van der Waals surface area (Å²) >= 11 is 5.84. The maximum absolute atomic E-state index is 10.8. The van der Waals surface area contributed by atoms with Gasteiger partial charge in [0, 0.05) is 17.5 Å². The number of nitro groups is 1. The number of rotatable bonds is 4. The summed E-state index contributed by atoms with van der Waals surface area (Å²) < 4.78 is 0. The zero-order valence-electron chi connectivity index (χ0n) is 10.2. The third-order valence-corrected chi connectivity index (χ3v) is 2.99. The fraction of sp³-hybridized carbons (Fsp3) is 0.385. The number of halogens is 1. The summed E-state index contributed by atoms with van der Waals surface area (Å²) in [5, 5.41) is 10.8. The molecule has 0 amide bonds. The van der Waals surface area contributed by atoms with Gasteiger partial charge in [-0.15, -0.1) is 11.6 Å². The van der Waals surface area contributed by atoms with E-state index in [4.69, 9.17) is 11.6 Å². The van der Waals surface area contributed by atoms with Crippen LogP contribution < -0.4 is 0 Å². The highest BCUT2D eigenvalue weighted by Gasteiger charge is 2.10. The maximum atomic E-state index is 10.8. The van der Waals surface area contributed by atoms with E-state index in [1.54, 1.807) is 19.1 Å². The zero-order valence-corrected chi connectivity index (χ0v) is 11.0. The summed E-state index contributed by atoms with van der Waals surface area (Å²) in [7, 11) is 0. The van der Waals surface area contributed by atoms with Gasteiger partial charge in [0.05, 0.1) is 4.92 Å². The minimum Gasteiger partial charge on any atom is -0.258 e. The lowest BCUT2D eigenvalue weighted by atomic mass is 10.0. The second kappa shape index (κ2) is 5.82. The van der Waals surface area contributed by atoms with Crippen molar-refractivity contribution in [2.24, 2.45) is 5.92 Å². The number of aryl methyl sites for hydroxylation is 1. The highest BCUT2D eigenvalue weighted by atomic mass is 35.5. The summed E-state index contributed by atoms with van der Waals surface area (Å²) in [6.07, 6.45) is 1.92. The molecule has 0 aliphatic carbocycles. The molecule has 92 valence electrons. The van der Waals surface area contributed by atoms with Gasteiger partial charge in [-0.1, -0.05) is 37.6 Å². The van der Waals surface area contributed by atoms with Crippen LogP contribution in [0.3, 0.4) is 0 Å². The van der Waals surface area contributed by atoms with Crippen molar-refractivity contribution in [3.05, 3.63) is 45.0 Å². The molecule has 0 unspecified atom stereocenters. The van der Waals surface area contributed by atoms with Gasteiger partial charge in [0.2, 0.25) is 0 Å². The summed E-state index contributed by atoms with van der Waals surface area (Å²) in [5.41, 5.74) is 2.72. The normalized spacial score (nSPS) is 11.9. The van der Waals surface area contributed by atoms with Crippen molar-refractivity contribution in [2.45, 2.75) is 20.8 Å². The van der Waals surface area contributed by atoms with E-state index in [9.17, 15) is 10.1 Å². The fourth-order valence-electron chi connectivity index (χ4n) is 1.49. The summed E-state index contributed by atoms with van der Waals surface area (Å²) in [6, 6.07) is 5.22. The van der Waals surface area contributed by atoms with Crippen LogP contribution in [0.2, 0.25) is 0 Å². The van der Waals surface area contributed by atoms with Crippen molar-refractivity contribution in [3.63, 3.8) is 0 Å². The third kappa shape index (κ3) is 3.56. The number of hydrogen-bond donors (Lipinski definition) is 0. The van der Waals surface area contributed by atoms with Gasteiger partial charge in [-0.05, 0) is 18.4 Å². The Balaban J connectivity index is 3.16. The molecule has 0 aromatic heterocycles. The van der Waals surface area contributed by atoms with Crippen LogP contribution in [-0.2, 0) is 0 Å². The minimum absolute atomic E-state index is 0.149. The molecule has 0 bridgehead atoms. The Morgan fingerprint density at radius 1 is 1.53 bits per heavy atom. The molecular formula is C13H16ClNO2. The quantitative estimate of drug-likeness (QED) is 0.459. The van der Waals surface area contributed by atoms with Crippen LogP contribution in [0.4, 0.5) is 5.69 Å². The Hall–Kier alpha value is -1.35. The van der Waals surface area contributed by atoms with E-state index >= 15 is 0 Å². The summed E-state index contributed by atoms with van der Waals surface area (Å²) in [4.78, 5) is 10.5. The Bertz CT molecular complexity index is 453. The van der Waals surface area contributed by atoms with Crippen LogP contribution in [0.15, 0.2) is 23.8 Å². The molecule has 0 N–H and O–H groups in total. The first-order valence-corrected chi connectivity index (χ1v) is 6.00. The van der Waals surface area contributed by atoms with E-state index in [1.807, 2.05) is 12.1 Å². The second-order valence-corrected chi connectivity index (χ2v) is 4.58. The van der Waals surface area contributed by atoms with E-state index in [0.29, 0.717) is 17.4 Å². The molecule has 0 heterocycles. The van der Waals surface area contributed by atoms with Gasteiger partial charge >= 0.3 is 0 Å². The van der Waals surface area contributed by atoms with Gasteiger partial charge in [0.15, 0.2) is 0 Å². The van der Waals surface area contributed by atoms with Gasteiger partial charge in [-0.2, -0.15) is 0 Å². The number of hydrogen-bond acceptors (Lipinski definition) is 2. The lowest BCUT2D eigenvalue weighted by Crippen LogP contribution is -1.96. The monoisotopic (exact) mass is 253 g/mol. The molecule has 1 rings (SSSR count). The van der Waals surface area contributed by atoms with Crippen LogP contribution in [0.25, 0.3) is 6.08 Å². The Morgan fingerprint density at radius 3 is 2.65 bits per heavy atom. The molecule has 0 saturated heterocycles. The smallest absolute Gasteiger partial charge is 0.258 e. The van der Waals surface area contributed by atoms with Crippen molar-refractivity contribution in [1.82, 2.24) is 0 Å². The first-order valence-electron chi connectivity index (χ1n) is 5.47. The first-order chi connectivity index (χ1) is 7.95. The average Bonchev–Trinajstić information content (AvgIpc) is 2.27. The molecule has 1 aromatic rings. The molecule has 0 saturated carbocycles. The van der Waals surface area contributed by atoms with Crippen molar-refractivity contribution in [1.29, 1.82) is 0 Å². The Labute approximate surface area is 106 Å². The highest BCUT2D eigenvalue weighted by Crippen LogP contribution is 2.22. The van der Waals surface area contributed by atoms with Crippen LogP contribution >= 0.6 is 11.6 Å². The molecule has 0 atom stereocenters. The predicted octanol–water partition coefficient (Wildman–Crippen LogP) is 4.18. The topological polar surface area (TPSA) is 43.1 Å². The van der Waals surface area contributed by atoms with Gasteiger partial charge < -0.3 is 0 Å². The molecule has 4 heteroatoms. The Morgan fingerprint density at radius 2 is 2.18 bits per heavy atom. The standard InChI is InChI=1S/C13H16ClNO2/c1-9(2)12(8-14)6-11-5-4-10(3)13(7-11)15(16)17/h4-7,9H,8H2,1-3H3. The molecule has 17 heavy (non-hydrogen) atoms. The fourth-order valence-corrected chi connectivity index (χ4v) is 1.87. The van der Waals surface area contributed by atoms with Crippen molar-refractivity contribution in [2.75, 3.05) is 5.88 Å². The lowest BCUT2D eigenvalue weighted by Gasteiger charge is -2.07. The van der Waals surface area contributed by atoms with Crippen molar-refractivity contribution >= 4 is 23.4 Å². The predicted molar refractivity (Wildman–Crippen MR) is 71.4 cm³/mol. The largest absolute Gasteiger partial charge is 0.272 e. The van der Waals surface area contributed by atoms with E-state index in [-0.39, 0.29) is 10.6 Å². The molecule has 3 nitrogen and oxygen atoms in total. The van der Waals surface area contributed by atoms with Crippen LogP contribution in [0.5, 0.6) is 0 Å². The molecular weight excluding hydrogens is 238 g/mol. The number of benzene rings is 1. The first kappa shape index (κ1) is 13.7. The number of allylic oxidation sites excluding steroid dienone is 1. The number of nitrogens with zero attached hydrogens (tertiary/aromatic N) is 1. The van der Waals surface area contributed by atoms with E-state index in [2.05, 4.69) is 13.8 Å². The number of nitro benzene ring substituents is 1. The SMILES string of the molecule is Cc1ccc(C=C(CCl)C(C)C)cc1[N+](=O)[O-]. The van der Waals surface area contributed by atoms with Crippen LogP contribution in [0.1, 0.15) is 25.0 Å². The molecule has 0 radical (unpaired) electrons. The zero-order chi connectivity index (χ0) is 13.0. The lowest BCUT2D eigenvalue weighted by molar-refractivity contribution is -0.385. The molecule has 0 aliphatic rings. The van der Waals surface area contributed by atoms with Crippen LogP contribution in [0, 0.1) is 23.0 Å². The second-order valence-electron chi connectivity index (χ2n) is 4.31.